The second kappa shape index (κ2) is 6.33. The van der Waals surface area contributed by atoms with Crippen LogP contribution in [0.2, 0.25) is 5.15 Å². The Bertz CT molecular complexity index is 998. The molecule has 0 amide bonds. The van der Waals surface area contributed by atoms with Crippen LogP contribution in [0.4, 0.5) is 0 Å². The lowest BCUT2D eigenvalue weighted by molar-refractivity contribution is 0.0601. The highest BCUT2D eigenvalue weighted by Crippen LogP contribution is 2.31. The number of benzene rings is 1. The summed E-state index contributed by atoms with van der Waals surface area (Å²) in [4.78, 5) is 24.3. The topological polar surface area (TPSA) is 69.9 Å². The predicted octanol–water partition coefficient (Wildman–Crippen LogP) is 2.81. The fraction of sp³-hybridized carbons (Fsp3) is 0.118. The number of nitrogens with zero attached hydrogens (tertiary/aromatic N) is 2. The first-order valence-electron chi connectivity index (χ1n) is 7.00. The fourth-order valence-corrected chi connectivity index (χ4v) is 2.64. The van der Waals surface area contributed by atoms with E-state index >= 15 is 0 Å². The van der Waals surface area contributed by atoms with Crippen molar-refractivity contribution in [3.63, 3.8) is 0 Å². The van der Waals surface area contributed by atoms with E-state index < -0.39 is 5.97 Å². The first kappa shape index (κ1) is 16.0. The van der Waals surface area contributed by atoms with Crippen molar-refractivity contribution in [3.05, 3.63) is 63.5 Å². The van der Waals surface area contributed by atoms with Gasteiger partial charge in [-0.1, -0.05) is 11.6 Å². The van der Waals surface area contributed by atoms with Gasteiger partial charge in [-0.3, -0.25) is 4.79 Å². The molecule has 0 N–H and O–H groups in total. The Morgan fingerprint density at radius 1 is 1.17 bits per heavy atom. The number of fused-ring (bicyclic) bond motifs is 1. The largest absolute Gasteiger partial charge is 0.496 e. The molecule has 7 heteroatoms. The van der Waals surface area contributed by atoms with E-state index in [-0.39, 0.29) is 5.43 Å². The van der Waals surface area contributed by atoms with Crippen LogP contribution in [0.25, 0.3) is 16.6 Å². The standard InChI is InChI=1S/C17H13ClN2O4/c1-23-14-5-3-10(17(22)24-2)9-11(14)16-12-4-6-15(18)19-20(12)8-7-13(16)21/h3-9H,1-2H3. The summed E-state index contributed by atoms with van der Waals surface area (Å²) in [5.74, 6) is -0.0387. The summed E-state index contributed by atoms with van der Waals surface area (Å²) < 4.78 is 11.6. The molecule has 1 aromatic carbocycles. The number of aromatic nitrogens is 2. The Morgan fingerprint density at radius 3 is 2.67 bits per heavy atom. The molecule has 0 aliphatic rings. The van der Waals surface area contributed by atoms with Gasteiger partial charge in [0.1, 0.15) is 10.9 Å². The summed E-state index contributed by atoms with van der Waals surface area (Å²) in [6.07, 6.45) is 1.53. The maximum atomic E-state index is 12.5. The fourth-order valence-electron chi connectivity index (χ4n) is 2.49. The van der Waals surface area contributed by atoms with Crippen molar-refractivity contribution < 1.29 is 14.3 Å². The lowest BCUT2D eigenvalue weighted by Gasteiger charge is -2.12. The van der Waals surface area contributed by atoms with Crippen molar-refractivity contribution in [1.29, 1.82) is 0 Å². The number of methoxy groups -OCH3 is 2. The third-order valence-electron chi connectivity index (χ3n) is 3.59. The zero-order chi connectivity index (χ0) is 17.3. The Balaban J connectivity index is 2.36. The molecule has 0 saturated carbocycles. The molecule has 0 bridgehead atoms. The summed E-state index contributed by atoms with van der Waals surface area (Å²) in [6.45, 7) is 0. The molecule has 2 heterocycles. The van der Waals surface area contributed by atoms with E-state index in [9.17, 15) is 9.59 Å². The van der Waals surface area contributed by atoms with Crippen LogP contribution < -0.4 is 10.2 Å². The van der Waals surface area contributed by atoms with Crippen LogP contribution in [0.15, 0.2) is 47.4 Å². The highest BCUT2D eigenvalue weighted by Gasteiger charge is 2.17. The van der Waals surface area contributed by atoms with E-state index in [0.717, 1.165) is 0 Å². The molecule has 24 heavy (non-hydrogen) atoms. The summed E-state index contributed by atoms with van der Waals surface area (Å²) in [6, 6.07) is 9.43. The van der Waals surface area contributed by atoms with Crippen molar-refractivity contribution in [3.8, 4) is 16.9 Å². The number of esters is 1. The van der Waals surface area contributed by atoms with Crippen LogP contribution >= 0.6 is 11.6 Å². The summed E-state index contributed by atoms with van der Waals surface area (Å²) in [5.41, 5.74) is 1.49. The van der Waals surface area contributed by atoms with Gasteiger partial charge in [-0.2, -0.15) is 5.10 Å². The third kappa shape index (κ3) is 2.72. The highest BCUT2D eigenvalue weighted by atomic mass is 35.5. The molecule has 0 atom stereocenters. The van der Waals surface area contributed by atoms with Crippen molar-refractivity contribution in [2.45, 2.75) is 0 Å². The number of ether oxygens (including phenoxy) is 2. The maximum Gasteiger partial charge on any atom is 0.337 e. The summed E-state index contributed by atoms with van der Waals surface area (Å²) >= 11 is 5.91. The van der Waals surface area contributed by atoms with E-state index in [1.165, 1.54) is 31.0 Å². The maximum absolute atomic E-state index is 12.5. The zero-order valence-corrected chi connectivity index (χ0v) is 13.7. The zero-order valence-electron chi connectivity index (χ0n) is 12.9. The Hall–Kier alpha value is -2.86. The number of carbonyl (C=O) groups excluding carboxylic acids is 1. The minimum atomic E-state index is -0.500. The molecule has 122 valence electrons. The van der Waals surface area contributed by atoms with Crippen LogP contribution in [-0.4, -0.2) is 29.8 Å². The predicted molar refractivity (Wildman–Crippen MR) is 89.8 cm³/mol. The van der Waals surface area contributed by atoms with Gasteiger partial charge < -0.3 is 9.47 Å². The van der Waals surface area contributed by atoms with Crippen molar-refractivity contribution >= 4 is 23.1 Å². The van der Waals surface area contributed by atoms with E-state index in [4.69, 9.17) is 21.1 Å². The lowest BCUT2D eigenvalue weighted by atomic mass is 10.0. The van der Waals surface area contributed by atoms with Crippen LogP contribution in [0.1, 0.15) is 10.4 Å². The Morgan fingerprint density at radius 2 is 1.96 bits per heavy atom. The van der Waals surface area contributed by atoms with Gasteiger partial charge >= 0.3 is 5.97 Å². The molecular formula is C17H13ClN2O4. The molecule has 3 aromatic rings. The van der Waals surface area contributed by atoms with Crippen molar-refractivity contribution in [1.82, 2.24) is 9.61 Å². The van der Waals surface area contributed by atoms with Crippen molar-refractivity contribution in [2.24, 2.45) is 0 Å². The number of hydrogen-bond donors (Lipinski definition) is 0. The van der Waals surface area contributed by atoms with Gasteiger partial charge in [0.25, 0.3) is 0 Å². The second-order valence-corrected chi connectivity index (χ2v) is 5.33. The SMILES string of the molecule is COC(=O)c1ccc(OC)c(-c2c(=O)ccn3nc(Cl)ccc23)c1. The van der Waals surface area contributed by atoms with Crippen LogP contribution in [0.3, 0.4) is 0 Å². The van der Waals surface area contributed by atoms with Gasteiger partial charge in [0, 0.05) is 17.8 Å². The number of pyridine rings is 1. The average molecular weight is 345 g/mol. The Kier molecular flexibility index (Phi) is 4.22. The molecule has 3 rings (SSSR count). The molecule has 0 radical (unpaired) electrons. The van der Waals surface area contributed by atoms with E-state index in [0.29, 0.717) is 33.1 Å². The molecule has 0 unspecified atom stereocenters. The quantitative estimate of drug-likeness (QED) is 0.683. The second-order valence-electron chi connectivity index (χ2n) is 4.95. The molecular weight excluding hydrogens is 332 g/mol. The van der Waals surface area contributed by atoms with E-state index in [2.05, 4.69) is 5.10 Å². The van der Waals surface area contributed by atoms with Gasteiger partial charge in [0.05, 0.1) is 30.9 Å². The molecule has 6 nitrogen and oxygen atoms in total. The first-order chi connectivity index (χ1) is 11.5. The number of halogens is 1. The smallest absolute Gasteiger partial charge is 0.337 e. The monoisotopic (exact) mass is 344 g/mol. The molecule has 0 spiro atoms. The molecule has 0 fully saturated rings. The van der Waals surface area contributed by atoms with Gasteiger partial charge in [0.2, 0.25) is 0 Å². The first-order valence-corrected chi connectivity index (χ1v) is 7.38. The molecule has 2 aromatic heterocycles. The number of carbonyl (C=O) groups is 1. The Labute approximate surface area is 142 Å². The number of rotatable bonds is 3. The third-order valence-corrected chi connectivity index (χ3v) is 3.79. The number of hydrogen-bond acceptors (Lipinski definition) is 5. The minimum absolute atomic E-state index is 0.223. The molecule has 0 aliphatic carbocycles. The normalized spacial score (nSPS) is 10.6. The van der Waals surface area contributed by atoms with Gasteiger partial charge in [-0.25, -0.2) is 9.31 Å². The van der Waals surface area contributed by atoms with Crippen LogP contribution in [0, 0.1) is 0 Å². The van der Waals surface area contributed by atoms with Gasteiger partial charge in [-0.05, 0) is 30.3 Å². The summed E-state index contributed by atoms with van der Waals surface area (Å²) in [7, 11) is 2.79. The van der Waals surface area contributed by atoms with E-state index in [1.54, 1.807) is 30.3 Å². The molecule has 0 aliphatic heterocycles. The minimum Gasteiger partial charge on any atom is -0.496 e. The van der Waals surface area contributed by atoms with Gasteiger partial charge in [-0.15, -0.1) is 0 Å². The lowest BCUT2D eigenvalue weighted by Crippen LogP contribution is -2.10. The van der Waals surface area contributed by atoms with Crippen LogP contribution in [-0.2, 0) is 4.74 Å². The summed E-state index contributed by atoms with van der Waals surface area (Å²) in [5, 5.41) is 4.44. The van der Waals surface area contributed by atoms with Crippen molar-refractivity contribution in [2.75, 3.05) is 14.2 Å². The molecule has 0 saturated heterocycles. The highest BCUT2D eigenvalue weighted by molar-refractivity contribution is 6.29. The van der Waals surface area contributed by atoms with E-state index in [1.807, 2.05) is 0 Å². The average Bonchev–Trinajstić information content (AvgIpc) is 2.60. The van der Waals surface area contributed by atoms with Crippen LogP contribution in [0.5, 0.6) is 5.75 Å². The van der Waals surface area contributed by atoms with Gasteiger partial charge in [0.15, 0.2) is 5.43 Å².